The van der Waals surface area contributed by atoms with Crippen LogP contribution in [0.5, 0.6) is 11.5 Å². The third-order valence-corrected chi connectivity index (χ3v) is 3.18. The van der Waals surface area contributed by atoms with E-state index in [4.69, 9.17) is 4.74 Å². The lowest BCUT2D eigenvalue weighted by Gasteiger charge is -2.08. The summed E-state index contributed by atoms with van der Waals surface area (Å²) < 4.78 is 5.89. The molecule has 0 heterocycles. The molecule has 0 saturated carbocycles. The summed E-state index contributed by atoms with van der Waals surface area (Å²) in [6.07, 6.45) is 1.37. The van der Waals surface area contributed by atoms with E-state index in [0.717, 1.165) is 0 Å². The van der Waals surface area contributed by atoms with Crippen molar-refractivity contribution in [2.75, 3.05) is 6.61 Å². The number of hydrazone groups is 1. The second kappa shape index (κ2) is 8.57. The lowest BCUT2D eigenvalue weighted by Crippen LogP contribution is -2.41. The van der Waals surface area contributed by atoms with E-state index in [2.05, 4.69) is 15.8 Å². The SMILES string of the molecule is CCOc1cc(/C=N\NC(=O)C(=O)NC(C)C)cc(I)c1O. The van der Waals surface area contributed by atoms with Gasteiger partial charge in [-0.1, -0.05) is 0 Å². The lowest BCUT2D eigenvalue weighted by atomic mass is 10.2. The Kier molecular flexibility index (Phi) is 7.09. The van der Waals surface area contributed by atoms with Gasteiger partial charge in [-0.3, -0.25) is 9.59 Å². The molecule has 3 N–H and O–H groups in total. The Bertz CT molecular complexity index is 588. The molecule has 0 aromatic heterocycles. The molecule has 0 aliphatic carbocycles. The van der Waals surface area contributed by atoms with Crippen LogP contribution in [-0.4, -0.2) is 35.8 Å². The lowest BCUT2D eigenvalue weighted by molar-refractivity contribution is -0.139. The van der Waals surface area contributed by atoms with Crippen LogP contribution in [0, 0.1) is 3.57 Å². The number of phenols is 1. The van der Waals surface area contributed by atoms with Crippen LogP contribution < -0.4 is 15.5 Å². The van der Waals surface area contributed by atoms with E-state index in [0.29, 0.717) is 21.5 Å². The molecule has 0 spiro atoms. The molecular formula is C14H18IN3O4. The van der Waals surface area contributed by atoms with Crippen molar-refractivity contribution in [2.45, 2.75) is 26.8 Å². The average Bonchev–Trinajstić information content (AvgIpc) is 2.43. The van der Waals surface area contributed by atoms with Crippen LogP contribution in [0.2, 0.25) is 0 Å². The Labute approximate surface area is 142 Å². The Morgan fingerprint density at radius 2 is 2.09 bits per heavy atom. The zero-order valence-electron chi connectivity index (χ0n) is 12.5. The molecule has 22 heavy (non-hydrogen) atoms. The molecule has 1 aromatic rings. The molecule has 1 rings (SSSR count). The molecule has 8 heteroatoms. The smallest absolute Gasteiger partial charge is 0.329 e. The highest BCUT2D eigenvalue weighted by molar-refractivity contribution is 14.1. The second-order valence-electron chi connectivity index (χ2n) is 4.61. The van der Waals surface area contributed by atoms with Gasteiger partial charge >= 0.3 is 11.8 Å². The predicted molar refractivity (Wildman–Crippen MR) is 91.0 cm³/mol. The average molecular weight is 419 g/mol. The summed E-state index contributed by atoms with van der Waals surface area (Å²) in [6.45, 7) is 5.72. The van der Waals surface area contributed by atoms with Gasteiger partial charge in [0.2, 0.25) is 0 Å². The number of ether oxygens (including phenoxy) is 1. The number of carbonyl (C=O) groups is 2. The highest BCUT2D eigenvalue weighted by Crippen LogP contribution is 2.32. The molecule has 0 bridgehead atoms. The molecule has 0 saturated heterocycles. The van der Waals surface area contributed by atoms with Crippen molar-refractivity contribution in [3.63, 3.8) is 0 Å². The van der Waals surface area contributed by atoms with Crippen LogP contribution in [-0.2, 0) is 9.59 Å². The third-order valence-electron chi connectivity index (χ3n) is 2.36. The van der Waals surface area contributed by atoms with Crippen molar-refractivity contribution in [2.24, 2.45) is 5.10 Å². The third kappa shape index (κ3) is 5.51. The van der Waals surface area contributed by atoms with Crippen molar-refractivity contribution in [3.8, 4) is 11.5 Å². The van der Waals surface area contributed by atoms with E-state index < -0.39 is 11.8 Å². The van der Waals surface area contributed by atoms with Gasteiger partial charge in [-0.25, -0.2) is 5.43 Å². The summed E-state index contributed by atoms with van der Waals surface area (Å²) in [5, 5.41) is 16.0. The van der Waals surface area contributed by atoms with Gasteiger partial charge in [-0.2, -0.15) is 5.10 Å². The minimum atomic E-state index is -0.844. The molecular weight excluding hydrogens is 401 g/mol. The monoisotopic (exact) mass is 419 g/mol. The van der Waals surface area contributed by atoms with Crippen molar-refractivity contribution in [1.82, 2.24) is 10.7 Å². The van der Waals surface area contributed by atoms with Gasteiger partial charge in [0, 0.05) is 6.04 Å². The van der Waals surface area contributed by atoms with Crippen molar-refractivity contribution < 1.29 is 19.4 Å². The topological polar surface area (TPSA) is 100 Å². The molecule has 120 valence electrons. The number of carbonyl (C=O) groups excluding carboxylic acids is 2. The van der Waals surface area contributed by atoms with Crippen molar-refractivity contribution in [1.29, 1.82) is 0 Å². The van der Waals surface area contributed by atoms with Gasteiger partial charge in [0.15, 0.2) is 11.5 Å². The first-order chi connectivity index (χ1) is 10.3. The summed E-state index contributed by atoms with van der Waals surface area (Å²) in [6, 6.07) is 3.13. The highest BCUT2D eigenvalue weighted by atomic mass is 127. The number of phenolic OH excluding ortho intramolecular Hbond substituents is 1. The number of aromatic hydroxyl groups is 1. The fraction of sp³-hybridized carbons (Fsp3) is 0.357. The first kappa shape index (κ1) is 18.2. The number of hydrogen-bond acceptors (Lipinski definition) is 5. The summed E-state index contributed by atoms with van der Waals surface area (Å²) in [5.74, 6) is -1.20. The summed E-state index contributed by atoms with van der Waals surface area (Å²) in [5.41, 5.74) is 2.76. The maximum atomic E-state index is 11.5. The number of benzene rings is 1. The summed E-state index contributed by atoms with van der Waals surface area (Å²) in [4.78, 5) is 22.8. The fourth-order valence-electron chi connectivity index (χ4n) is 1.48. The maximum Gasteiger partial charge on any atom is 0.329 e. The van der Waals surface area contributed by atoms with E-state index in [9.17, 15) is 14.7 Å². The van der Waals surface area contributed by atoms with Gasteiger partial charge in [-0.15, -0.1) is 0 Å². The zero-order valence-corrected chi connectivity index (χ0v) is 14.7. The van der Waals surface area contributed by atoms with Crippen LogP contribution >= 0.6 is 22.6 Å². The van der Waals surface area contributed by atoms with Gasteiger partial charge < -0.3 is 15.2 Å². The number of nitrogens with zero attached hydrogens (tertiary/aromatic N) is 1. The van der Waals surface area contributed by atoms with E-state index in [-0.39, 0.29) is 11.8 Å². The highest BCUT2D eigenvalue weighted by Gasteiger charge is 2.13. The van der Waals surface area contributed by atoms with Crippen LogP contribution in [0.15, 0.2) is 17.2 Å². The zero-order chi connectivity index (χ0) is 16.7. The van der Waals surface area contributed by atoms with E-state index >= 15 is 0 Å². The van der Waals surface area contributed by atoms with E-state index in [1.54, 1.807) is 32.9 Å². The molecule has 1 aromatic carbocycles. The Hall–Kier alpha value is -1.84. The number of rotatable bonds is 5. The molecule has 0 radical (unpaired) electrons. The molecule has 0 aliphatic heterocycles. The number of amides is 2. The number of hydrogen-bond donors (Lipinski definition) is 3. The van der Waals surface area contributed by atoms with Crippen LogP contribution in [0.25, 0.3) is 0 Å². The summed E-state index contributed by atoms with van der Waals surface area (Å²) >= 11 is 1.96. The van der Waals surface area contributed by atoms with Crippen LogP contribution in [0.1, 0.15) is 26.3 Å². The largest absolute Gasteiger partial charge is 0.504 e. The predicted octanol–water partition coefficient (Wildman–Crippen LogP) is 1.37. The Morgan fingerprint density at radius 3 is 2.68 bits per heavy atom. The first-order valence-corrected chi connectivity index (χ1v) is 7.72. The molecule has 0 aliphatic rings. The van der Waals surface area contributed by atoms with Crippen molar-refractivity contribution in [3.05, 3.63) is 21.3 Å². The van der Waals surface area contributed by atoms with Gasteiger partial charge in [0.05, 0.1) is 16.4 Å². The van der Waals surface area contributed by atoms with Crippen LogP contribution in [0.4, 0.5) is 0 Å². The van der Waals surface area contributed by atoms with Crippen molar-refractivity contribution >= 4 is 40.6 Å². The Balaban J connectivity index is 2.74. The normalized spacial score (nSPS) is 10.8. The van der Waals surface area contributed by atoms with Gasteiger partial charge in [0.25, 0.3) is 0 Å². The standard InChI is InChI=1S/C14H18IN3O4/c1-4-22-11-6-9(5-10(15)12(11)19)7-16-18-14(21)13(20)17-8(2)3/h5-8,19H,4H2,1-3H3,(H,17,20)(H,18,21)/b16-7-. The fourth-order valence-corrected chi connectivity index (χ4v) is 2.10. The molecule has 0 atom stereocenters. The summed E-state index contributed by atoms with van der Waals surface area (Å²) in [7, 11) is 0. The Morgan fingerprint density at radius 1 is 1.41 bits per heavy atom. The molecule has 0 fully saturated rings. The van der Waals surface area contributed by atoms with E-state index in [1.165, 1.54) is 6.21 Å². The number of halogens is 1. The van der Waals surface area contributed by atoms with Gasteiger partial charge in [-0.05, 0) is 61.1 Å². The number of nitrogens with one attached hydrogen (secondary N) is 2. The maximum absolute atomic E-state index is 11.5. The molecule has 0 unspecified atom stereocenters. The quantitative estimate of drug-likeness (QED) is 0.291. The van der Waals surface area contributed by atoms with Gasteiger partial charge in [0.1, 0.15) is 0 Å². The first-order valence-electron chi connectivity index (χ1n) is 6.64. The van der Waals surface area contributed by atoms with Crippen LogP contribution in [0.3, 0.4) is 0 Å². The minimum absolute atomic E-state index is 0.0555. The van der Waals surface area contributed by atoms with E-state index in [1.807, 2.05) is 22.6 Å². The molecule has 7 nitrogen and oxygen atoms in total. The minimum Gasteiger partial charge on any atom is -0.504 e. The second-order valence-corrected chi connectivity index (χ2v) is 5.77. The molecule has 2 amide bonds.